The number of hydrogen-bond acceptors (Lipinski definition) is 4. The first-order chi connectivity index (χ1) is 10.3. The fraction of sp³-hybridized carbons (Fsp3) is 0.214. The van der Waals surface area contributed by atoms with Crippen molar-refractivity contribution in [2.24, 2.45) is 19.1 Å². The van der Waals surface area contributed by atoms with Crippen LogP contribution in [-0.2, 0) is 20.6 Å². The summed E-state index contributed by atoms with van der Waals surface area (Å²) in [5, 5.41) is 10.7. The molecular formula is C14H13Cl2N3O3. The number of rotatable bonds is 3. The van der Waals surface area contributed by atoms with E-state index in [-0.39, 0.29) is 12.1 Å². The summed E-state index contributed by atoms with van der Waals surface area (Å²) in [4.78, 5) is 27.7. The van der Waals surface area contributed by atoms with E-state index in [4.69, 9.17) is 23.2 Å². The zero-order valence-electron chi connectivity index (χ0n) is 11.9. The second kappa shape index (κ2) is 6.37. The van der Waals surface area contributed by atoms with Crippen LogP contribution >= 0.6 is 23.2 Å². The largest absolute Gasteiger partial charge is 0.494 e. The molecule has 1 aromatic carbocycles. The normalized spacial score (nSPS) is 11.3. The monoisotopic (exact) mass is 341 g/mol. The van der Waals surface area contributed by atoms with Gasteiger partial charge in [0.05, 0.1) is 16.6 Å². The Bertz CT molecular complexity index is 869. The number of aromatic nitrogens is 2. The number of benzene rings is 1. The molecule has 1 aromatic heterocycles. The van der Waals surface area contributed by atoms with Gasteiger partial charge in [-0.1, -0.05) is 29.3 Å². The van der Waals surface area contributed by atoms with Gasteiger partial charge < -0.3 is 5.11 Å². The van der Waals surface area contributed by atoms with Crippen LogP contribution in [0, 0.1) is 0 Å². The maximum Gasteiger partial charge on any atom is 0.333 e. The molecule has 116 valence electrons. The fourth-order valence-corrected chi connectivity index (χ4v) is 2.17. The summed E-state index contributed by atoms with van der Waals surface area (Å²) in [6.07, 6.45) is 1.24. The molecule has 8 heteroatoms. The van der Waals surface area contributed by atoms with Crippen molar-refractivity contribution in [1.82, 2.24) is 9.13 Å². The topological polar surface area (TPSA) is 76.6 Å². The quantitative estimate of drug-likeness (QED) is 0.863. The van der Waals surface area contributed by atoms with Crippen LogP contribution in [0.1, 0.15) is 11.1 Å². The predicted molar refractivity (Wildman–Crippen MR) is 86.3 cm³/mol. The van der Waals surface area contributed by atoms with Gasteiger partial charge in [0.15, 0.2) is 0 Å². The van der Waals surface area contributed by atoms with Gasteiger partial charge >= 0.3 is 5.69 Å². The van der Waals surface area contributed by atoms with Gasteiger partial charge in [-0.05, 0) is 17.7 Å². The molecule has 0 aliphatic carbocycles. The number of nitrogens with zero attached hydrogens (tertiary/aromatic N) is 3. The fourth-order valence-electron chi connectivity index (χ4n) is 1.85. The Morgan fingerprint density at radius 1 is 1.18 bits per heavy atom. The molecule has 0 atom stereocenters. The molecule has 2 rings (SSSR count). The Kier molecular flexibility index (Phi) is 4.73. The van der Waals surface area contributed by atoms with Crippen LogP contribution in [0.15, 0.2) is 32.8 Å². The zero-order valence-corrected chi connectivity index (χ0v) is 13.4. The molecule has 0 fully saturated rings. The molecule has 0 aliphatic heterocycles. The van der Waals surface area contributed by atoms with Crippen molar-refractivity contribution in [2.75, 3.05) is 0 Å². The van der Waals surface area contributed by atoms with Gasteiger partial charge in [0.1, 0.15) is 5.56 Å². The Morgan fingerprint density at radius 2 is 1.86 bits per heavy atom. The Balaban J connectivity index is 2.33. The van der Waals surface area contributed by atoms with E-state index in [0.717, 1.165) is 14.7 Å². The predicted octanol–water partition coefficient (Wildman–Crippen LogP) is 1.72. The van der Waals surface area contributed by atoms with Crippen molar-refractivity contribution in [2.45, 2.75) is 6.54 Å². The summed E-state index contributed by atoms with van der Waals surface area (Å²) in [5.74, 6) is -0.425. The molecule has 0 saturated carbocycles. The molecule has 0 saturated heterocycles. The number of aliphatic imine (C=N–C) groups is 1. The molecule has 0 unspecified atom stereocenters. The van der Waals surface area contributed by atoms with E-state index in [1.165, 1.54) is 20.3 Å². The third kappa shape index (κ3) is 3.08. The highest BCUT2D eigenvalue weighted by Gasteiger charge is 2.12. The molecule has 6 nitrogen and oxygen atoms in total. The molecule has 1 heterocycles. The third-order valence-electron chi connectivity index (χ3n) is 3.15. The summed E-state index contributed by atoms with van der Waals surface area (Å²) in [5.41, 5.74) is -0.473. The van der Waals surface area contributed by atoms with Gasteiger partial charge in [0.2, 0.25) is 5.88 Å². The second-order valence-corrected chi connectivity index (χ2v) is 5.48. The highest BCUT2D eigenvalue weighted by molar-refractivity contribution is 6.42. The minimum Gasteiger partial charge on any atom is -0.494 e. The first-order valence-corrected chi connectivity index (χ1v) is 7.01. The first-order valence-electron chi connectivity index (χ1n) is 6.25. The lowest BCUT2D eigenvalue weighted by molar-refractivity contribution is 0.410. The van der Waals surface area contributed by atoms with Crippen LogP contribution in [0.25, 0.3) is 0 Å². The molecular weight excluding hydrogens is 329 g/mol. The molecule has 0 spiro atoms. The molecule has 0 aliphatic rings. The summed E-state index contributed by atoms with van der Waals surface area (Å²) < 4.78 is 1.88. The molecule has 0 radical (unpaired) electrons. The van der Waals surface area contributed by atoms with Crippen LogP contribution in [0.5, 0.6) is 5.88 Å². The lowest BCUT2D eigenvalue weighted by Crippen LogP contribution is -2.38. The van der Waals surface area contributed by atoms with Crippen LogP contribution in [0.2, 0.25) is 10.0 Å². The van der Waals surface area contributed by atoms with Gasteiger partial charge in [-0.25, -0.2) is 4.79 Å². The minimum absolute atomic E-state index is 0.0512. The Labute approximate surface area is 135 Å². The molecule has 1 N–H and O–H groups in total. The van der Waals surface area contributed by atoms with E-state index in [1.807, 2.05) is 0 Å². The highest BCUT2D eigenvalue weighted by atomic mass is 35.5. The molecule has 2 aromatic rings. The van der Waals surface area contributed by atoms with Crippen LogP contribution in [0.3, 0.4) is 0 Å². The van der Waals surface area contributed by atoms with Crippen molar-refractivity contribution in [3.05, 3.63) is 60.2 Å². The van der Waals surface area contributed by atoms with Gasteiger partial charge in [0, 0.05) is 20.3 Å². The third-order valence-corrected chi connectivity index (χ3v) is 3.88. The zero-order chi connectivity index (χ0) is 16.4. The van der Waals surface area contributed by atoms with Crippen molar-refractivity contribution in [1.29, 1.82) is 0 Å². The van der Waals surface area contributed by atoms with E-state index in [2.05, 4.69) is 4.99 Å². The van der Waals surface area contributed by atoms with Crippen LogP contribution in [-0.4, -0.2) is 20.5 Å². The van der Waals surface area contributed by atoms with E-state index in [0.29, 0.717) is 10.0 Å². The van der Waals surface area contributed by atoms with Gasteiger partial charge in [0.25, 0.3) is 5.56 Å². The molecule has 0 bridgehead atoms. The standard InChI is InChI=1S/C14H13Cl2N3O3/c1-18-12(20)9(13(21)19(2)14(18)22)7-17-6-8-3-4-10(15)11(16)5-8/h3-5,7,20H,6H2,1-2H3. The first kappa shape index (κ1) is 16.3. The number of halogens is 2. The second-order valence-electron chi connectivity index (χ2n) is 4.66. The average Bonchev–Trinajstić information content (AvgIpc) is 2.50. The maximum atomic E-state index is 12.0. The maximum absolute atomic E-state index is 12.0. The van der Waals surface area contributed by atoms with Crippen LogP contribution < -0.4 is 11.2 Å². The van der Waals surface area contributed by atoms with Crippen molar-refractivity contribution in [3.8, 4) is 5.88 Å². The molecule has 22 heavy (non-hydrogen) atoms. The van der Waals surface area contributed by atoms with E-state index < -0.39 is 17.1 Å². The van der Waals surface area contributed by atoms with Crippen molar-refractivity contribution >= 4 is 29.4 Å². The van der Waals surface area contributed by atoms with Crippen LogP contribution in [0.4, 0.5) is 0 Å². The lowest BCUT2D eigenvalue weighted by atomic mass is 10.2. The lowest BCUT2D eigenvalue weighted by Gasteiger charge is -2.07. The van der Waals surface area contributed by atoms with Crippen molar-refractivity contribution < 1.29 is 5.11 Å². The summed E-state index contributed by atoms with van der Waals surface area (Å²) in [6, 6.07) is 5.07. The van der Waals surface area contributed by atoms with Crippen molar-refractivity contribution in [3.63, 3.8) is 0 Å². The number of hydrogen-bond donors (Lipinski definition) is 1. The van der Waals surface area contributed by atoms with Gasteiger partial charge in [-0.2, -0.15) is 0 Å². The Hall–Kier alpha value is -2.05. The van der Waals surface area contributed by atoms with Gasteiger partial charge in [-0.15, -0.1) is 0 Å². The minimum atomic E-state index is -0.613. The molecule has 0 amide bonds. The SMILES string of the molecule is Cn1c(O)c(C=NCc2ccc(Cl)c(Cl)c2)c(=O)n(C)c1=O. The van der Waals surface area contributed by atoms with E-state index in [1.54, 1.807) is 18.2 Å². The van der Waals surface area contributed by atoms with E-state index in [9.17, 15) is 14.7 Å². The summed E-state index contributed by atoms with van der Waals surface area (Å²) in [7, 11) is 2.70. The summed E-state index contributed by atoms with van der Waals surface area (Å²) >= 11 is 11.7. The Morgan fingerprint density at radius 3 is 2.50 bits per heavy atom. The van der Waals surface area contributed by atoms with E-state index >= 15 is 0 Å². The average molecular weight is 342 g/mol. The smallest absolute Gasteiger partial charge is 0.333 e. The van der Waals surface area contributed by atoms with Gasteiger partial charge in [-0.3, -0.25) is 18.9 Å². The highest BCUT2D eigenvalue weighted by Crippen LogP contribution is 2.22. The summed E-state index contributed by atoms with van der Waals surface area (Å²) in [6.45, 7) is 0.252. The number of aromatic hydroxyl groups is 1.